The summed E-state index contributed by atoms with van der Waals surface area (Å²) >= 11 is 12.3. The van der Waals surface area contributed by atoms with Crippen LogP contribution in [0.2, 0.25) is 10.0 Å². The van der Waals surface area contributed by atoms with E-state index in [9.17, 15) is 13.2 Å². The van der Waals surface area contributed by atoms with Crippen LogP contribution >= 0.6 is 23.2 Å². The van der Waals surface area contributed by atoms with Crippen LogP contribution in [0, 0.1) is 0 Å². The smallest absolute Gasteiger partial charge is 0.264 e. The molecule has 0 spiro atoms. The van der Waals surface area contributed by atoms with Crippen LogP contribution in [0.4, 0.5) is 0 Å². The zero-order valence-electron chi connectivity index (χ0n) is 17.0. The van der Waals surface area contributed by atoms with Gasteiger partial charge in [0.05, 0.1) is 25.5 Å². The Balaban J connectivity index is 1.92. The van der Waals surface area contributed by atoms with Gasteiger partial charge in [0.2, 0.25) is 15.9 Å². The standard InChI is InChI=1S/C20H17Cl2N3O6S/c1-29-16-7-11(18(26)25-32(3,27)28)4-5-14(16)12-6-15(22)19(23-9-12)31-17-8-13(21)10-24-20(17)30-2/h4-10H,1-3H3,(H,25,26). The average molecular weight is 498 g/mol. The van der Waals surface area contributed by atoms with Gasteiger partial charge in [0.15, 0.2) is 5.75 Å². The molecule has 0 fully saturated rings. The van der Waals surface area contributed by atoms with Crippen LogP contribution in [0.25, 0.3) is 11.1 Å². The quantitative estimate of drug-likeness (QED) is 0.521. The van der Waals surface area contributed by atoms with Crippen LogP contribution in [0.15, 0.2) is 42.7 Å². The summed E-state index contributed by atoms with van der Waals surface area (Å²) in [4.78, 5) is 20.4. The normalized spacial score (nSPS) is 11.0. The van der Waals surface area contributed by atoms with E-state index in [2.05, 4.69) is 9.97 Å². The van der Waals surface area contributed by atoms with Crippen LogP contribution in [-0.4, -0.2) is 44.8 Å². The number of hydrogen-bond acceptors (Lipinski definition) is 8. The molecule has 1 amide bonds. The van der Waals surface area contributed by atoms with E-state index in [0.29, 0.717) is 21.9 Å². The van der Waals surface area contributed by atoms with E-state index in [0.717, 1.165) is 6.26 Å². The highest BCUT2D eigenvalue weighted by molar-refractivity contribution is 7.89. The van der Waals surface area contributed by atoms with Crippen molar-refractivity contribution in [1.29, 1.82) is 0 Å². The molecule has 9 nitrogen and oxygen atoms in total. The number of rotatable bonds is 7. The largest absolute Gasteiger partial charge is 0.496 e. The fraction of sp³-hybridized carbons (Fsp3) is 0.150. The number of pyridine rings is 2. The number of aromatic nitrogens is 2. The van der Waals surface area contributed by atoms with Crippen LogP contribution in [-0.2, 0) is 10.0 Å². The number of hydrogen-bond donors (Lipinski definition) is 1. The van der Waals surface area contributed by atoms with Crippen molar-refractivity contribution >= 4 is 39.1 Å². The molecule has 32 heavy (non-hydrogen) atoms. The molecule has 0 aliphatic heterocycles. The molecule has 0 atom stereocenters. The molecule has 0 bridgehead atoms. The van der Waals surface area contributed by atoms with Crippen LogP contribution < -0.4 is 18.9 Å². The monoisotopic (exact) mass is 497 g/mol. The summed E-state index contributed by atoms with van der Waals surface area (Å²) in [5, 5.41) is 0.531. The van der Waals surface area contributed by atoms with Gasteiger partial charge in [-0.3, -0.25) is 4.79 Å². The number of methoxy groups -OCH3 is 2. The first kappa shape index (κ1) is 23.6. The van der Waals surface area contributed by atoms with Crippen molar-refractivity contribution in [3.8, 4) is 34.4 Å². The number of halogens is 2. The second-order valence-electron chi connectivity index (χ2n) is 6.39. The van der Waals surface area contributed by atoms with Crippen LogP contribution in [0.1, 0.15) is 10.4 Å². The van der Waals surface area contributed by atoms with Gasteiger partial charge in [0, 0.05) is 35.2 Å². The lowest BCUT2D eigenvalue weighted by atomic mass is 10.0. The van der Waals surface area contributed by atoms with Crippen LogP contribution in [0.3, 0.4) is 0 Å². The third-order valence-corrected chi connectivity index (χ3v) is 5.08. The Hall–Kier alpha value is -3.08. The zero-order chi connectivity index (χ0) is 23.5. The van der Waals surface area contributed by atoms with E-state index in [-0.39, 0.29) is 28.1 Å². The van der Waals surface area contributed by atoms with Gasteiger partial charge in [0.25, 0.3) is 11.8 Å². The Bertz CT molecular complexity index is 1280. The van der Waals surface area contributed by atoms with Gasteiger partial charge < -0.3 is 14.2 Å². The second kappa shape index (κ2) is 9.60. The van der Waals surface area contributed by atoms with Crippen molar-refractivity contribution in [3.63, 3.8) is 0 Å². The van der Waals surface area contributed by atoms with Crippen molar-refractivity contribution in [2.24, 2.45) is 0 Å². The van der Waals surface area contributed by atoms with Crippen LogP contribution in [0.5, 0.6) is 23.3 Å². The van der Waals surface area contributed by atoms with E-state index in [1.807, 2.05) is 4.72 Å². The number of amides is 1. The minimum Gasteiger partial charge on any atom is -0.496 e. The van der Waals surface area contributed by atoms with Crippen molar-refractivity contribution in [2.75, 3.05) is 20.5 Å². The highest BCUT2D eigenvalue weighted by Gasteiger charge is 2.17. The van der Waals surface area contributed by atoms with Crippen molar-refractivity contribution in [3.05, 3.63) is 58.3 Å². The van der Waals surface area contributed by atoms with Crippen molar-refractivity contribution < 1.29 is 27.4 Å². The summed E-state index contributed by atoms with van der Waals surface area (Å²) in [6, 6.07) is 7.58. The minimum absolute atomic E-state index is 0.0981. The molecule has 12 heteroatoms. The van der Waals surface area contributed by atoms with E-state index in [4.69, 9.17) is 37.4 Å². The number of carbonyl (C=O) groups is 1. The number of sulfonamides is 1. The third kappa shape index (κ3) is 5.58. The Morgan fingerprint density at radius 3 is 2.31 bits per heavy atom. The molecular weight excluding hydrogens is 481 g/mol. The Labute approximate surface area is 194 Å². The summed E-state index contributed by atoms with van der Waals surface area (Å²) in [6.07, 6.45) is 3.81. The molecule has 1 N–H and O–H groups in total. The Morgan fingerprint density at radius 2 is 1.69 bits per heavy atom. The van der Waals surface area contributed by atoms with Gasteiger partial charge in [-0.2, -0.15) is 0 Å². The Morgan fingerprint density at radius 1 is 0.969 bits per heavy atom. The van der Waals surface area contributed by atoms with E-state index in [1.54, 1.807) is 12.1 Å². The molecule has 0 unspecified atom stereocenters. The van der Waals surface area contributed by atoms with Crippen molar-refractivity contribution in [2.45, 2.75) is 0 Å². The fourth-order valence-corrected chi connectivity index (χ4v) is 3.49. The number of nitrogens with zero attached hydrogens (tertiary/aromatic N) is 2. The topological polar surface area (TPSA) is 117 Å². The lowest BCUT2D eigenvalue weighted by Crippen LogP contribution is -2.29. The maximum absolute atomic E-state index is 12.1. The summed E-state index contributed by atoms with van der Waals surface area (Å²) in [5.74, 6) is 0.0857. The average Bonchev–Trinajstić information content (AvgIpc) is 2.73. The van der Waals surface area contributed by atoms with E-state index < -0.39 is 15.9 Å². The highest BCUT2D eigenvalue weighted by atomic mass is 35.5. The molecule has 3 aromatic rings. The molecular formula is C20H17Cl2N3O6S. The minimum atomic E-state index is -3.70. The van der Waals surface area contributed by atoms with Gasteiger partial charge in [-0.1, -0.05) is 23.2 Å². The molecule has 2 aromatic heterocycles. The third-order valence-electron chi connectivity index (χ3n) is 4.05. The first-order valence-corrected chi connectivity index (χ1v) is 11.5. The first-order valence-electron chi connectivity index (χ1n) is 8.84. The molecule has 0 radical (unpaired) electrons. The fourth-order valence-electron chi connectivity index (χ4n) is 2.68. The molecule has 0 aliphatic rings. The van der Waals surface area contributed by atoms with Gasteiger partial charge in [-0.15, -0.1) is 0 Å². The number of nitrogens with one attached hydrogen (secondary N) is 1. The van der Waals surface area contributed by atoms with Gasteiger partial charge >= 0.3 is 0 Å². The highest BCUT2D eigenvalue weighted by Crippen LogP contribution is 2.37. The van der Waals surface area contributed by atoms with E-state index >= 15 is 0 Å². The number of benzene rings is 1. The van der Waals surface area contributed by atoms with Gasteiger partial charge in [0.1, 0.15) is 10.8 Å². The lowest BCUT2D eigenvalue weighted by molar-refractivity contribution is 0.0981. The predicted molar refractivity (Wildman–Crippen MR) is 119 cm³/mol. The lowest BCUT2D eigenvalue weighted by Gasteiger charge is -2.13. The summed E-state index contributed by atoms with van der Waals surface area (Å²) in [5.41, 5.74) is 1.26. The van der Waals surface area contributed by atoms with E-state index in [1.165, 1.54) is 44.8 Å². The molecule has 2 heterocycles. The van der Waals surface area contributed by atoms with Crippen molar-refractivity contribution in [1.82, 2.24) is 14.7 Å². The summed E-state index contributed by atoms with van der Waals surface area (Å²) in [7, 11) is -0.844. The maximum Gasteiger partial charge on any atom is 0.264 e. The molecule has 1 aromatic carbocycles. The molecule has 168 valence electrons. The predicted octanol–water partition coefficient (Wildman–Crippen LogP) is 3.95. The summed E-state index contributed by atoms with van der Waals surface area (Å²) in [6.45, 7) is 0. The zero-order valence-corrected chi connectivity index (χ0v) is 19.4. The molecule has 0 aliphatic carbocycles. The number of carbonyl (C=O) groups excluding carboxylic acids is 1. The summed E-state index contributed by atoms with van der Waals surface area (Å²) < 4.78 is 40.7. The van der Waals surface area contributed by atoms with Gasteiger partial charge in [-0.05, 0) is 24.3 Å². The first-order chi connectivity index (χ1) is 15.1. The number of ether oxygens (including phenoxy) is 3. The molecule has 0 saturated carbocycles. The maximum atomic E-state index is 12.1. The van der Waals surface area contributed by atoms with Gasteiger partial charge in [-0.25, -0.2) is 23.1 Å². The Kier molecular flexibility index (Phi) is 7.07. The molecule has 0 saturated heterocycles. The molecule has 3 rings (SSSR count). The SMILES string of the molecule is COc1cc(C(=O)NS(C)(=O)=O)ccc1-c1cnc(Oc2cc(Cl)cnc2OC)c(Cl)c1. The second-order valence-corrected chi connectivity index (χ2v) is 8.98.